The van der Waals surface area contributed by atoms with Crippen molar-refractivity contribution in [3.05, 3.63) is 59.7 Å². The first-order valence-electron chi connectivity index (χ1n) is 16.6. The van der Waals surface area contributed by atoms with Crippen molar-refractivity contribution in [2.75, 3.05) is 38.6 Å². The maximum Gasteiger partial charge on any atom is 0.407 e. The SMILES string of the molecule is CC1(NC(=O)OCC2c3ccccc3-c3ccccc32)CCN(C[C@@]23OC[C@@H](O)[C@@H](OC(=O)CC4CCSS4)[C@@H]2OC(C)(C)O3)CC1. The van der Waals surface area contributed by atoms with Gasteiger partial charge in [0.2, 0.25) is 5.79 Å². The number of carbonyl (C=O) groups excluding carboxylic acids is 2. The Morgan fingerprint density at radius 1 is 1.04 bits per heavy atom. The first kappa shape index (κ1) is 33.2. The highest BCUT2D eigenvalue weighted by atomic mass is 33.1. The fraction of sp³-hybridized carbons (Fsp3) is 0.600. The Balaban J connectivity index is 0.948. The number of carbonyl (C=O) groups is 2. The molecule has 4 heterocycles. The van der Waals surface area contributed by atoms with Crippen LogP contribution in [0.3, 0.4) is 0 Å². The molecule has 5 aliphatic rings. The number of fused-ring (bicyclic) bond motifs is 4. The van der Waals surface area contributed by atoms with Crippen LogP contribution in [0.1, 0.15) is 63.5 Å². The molecule has 47 heavy (non-hydrogen) atoms. The normalized spacial score (nSPS) is 31.1. The third-order valence-electron chi connectivity index (χ3n) is 9.98. The van der Waals surface area contributed by atoms with Gasteiger partial charge >= 0.3 is 12.1 Å². The molecule has 0 bridgehead atoms. The molecule has 0 saturated carbocycles. The van der Waals surface area contributed by atoms with Gasteiger partial charge in [-0.2, -0.15) is 0 Å². The quantitative estimate of drug-likeness (QED) is 0.287. The second-order valence-electron chi connectivity index (χ2n) is 14.0. The third kappa shape index (κ3) is 6.92. The number of alkyl carbamates (subject to hydrolysis) is 1. The molecule has 4 aliphatic heterocycles. The number of esters is 1. The number of aliphatic hydroxyl groups excluding tert-OH is 1. The number of nitrogens with zero attached hydrogens (tertiary/aromatic N) is 1. The molecule has 0 spiro atoms. The van der Waals surface area contributed by atoms with Gasteiger partial charge in [0.05, 0.1) is 19.6 Å². The van der Waals surface area contributed by atoms with E-state index in [1.807, 2.05) is 24.3 Å². The van der Waals surface area contributed by atoms with E-state index in [4.69, 9.17) is 23.7 Å². The van der Waals surface area contributed by atoms with E-state index in [1.54, 1.807) is 35.4 Å². The summed E-state index contributed by atoms with van der Waals surface area (Å²) in [5.74, 6) is -1.51. The summed E-state index contributed by atoms with van der Waals surface area (Å²) < 4.78 is 30.6. The Kier molecular flexibility index (Phi) is 9.31. The third-order valence-corrected chi connectivity index (χ3v) is 12.9. The summed E-state index contributed by atoms with van der Waals surface area (Å²) in [6, 6.07) is 16.6. The molecule has 10 nitrogen and oxygen atoms in total. The number of ether oxygens (including phenoxy) is 5. The van der Waals surface area contributed by atoms with Crippen molar-refractivity contribution < 1.29 is 38.4 Å². The summed E-state index contributed by atoms with van der Waals surface area (Å²) in [4.78, 5) is 28.2. The van der Waals surface area contributed by atoms with Crippen LogP contribution in [-0.2, 0) is 28.5 Å². The van der Waals surface area contributed by atoms with E-state index in [1.165, 1.54) is 22.3 Å². The molecule has 0 aromatic heterocycles. The van der Waals surface area contributed by atoms with Crippen LogP contribution in [0.4, 0.5) is 4.79 Å². The lowest BCUT2D eigenvalue weighted by Gasteiger charge is -2.46. The molecule has 2 N–H and O–H groups in total. The summed E-state index contributed by atoms with van der Waals surface area (Å²) in [7, 11) is 3.48. The Hall–Kier alpha value is -2.32. The van der Waals surface area contributed by atoms with E-state index < -0.39 is 41.5 Å². The molecule has 2 aromatic carbocycles. The predicted molar refractivity (Wildman–Crippen MR) is 180 cm³/mol. The zero-order valence-electron chi connectivity index (χ0n) is 27.1. The highest BCUT2D eigenvalue weighted by molar-refractivity contribution is 8.77. The number of rotatable bonds is 8. The van der Waals surface area contributed by atoms with Crippen LogP contribution in [-0.4, -0.2) is 101 Å². The van der Waals surface area contributed by atoms with E-state index in [9.17, 15) is 14.7 Å². The molecule has 2 aromatic rings. The van der Waals surface area contributed by atoms with Crippen molar-refractivity contribution in [1.29, 1.82) is 0 Å². The summed E-state index contributed by atoms with van der Waals surface area (Å²) >= 11 is 0. The van der Waals surface area contributed by atoms with Crippen LogP contribution in [0.5, 0.6) is 0 Å². The summed E-state index contributed by atoms with van der Waals surface area (Å²) in [5.41, 5.74) is 4.31. The van der Waals surface area contributed by atoms with Gasteiger partial charge in [-0.1, -0.05) is 70.1 Å². The molecule has 1 unspecified atom stereocenters. The molecule has 4 fully saturated rings. The molecule has 254 valence electrons. The molecule has 12 heteroatoms. The minimum Gasteiger partial charge on any atom is -0.456 e. The van der Waals surface area contributed by atoms with Gasteiger partial charge < -0.3 is 34.1 Å². The van der Waals surface area contributed by atoms with Crippen LogP contribution in [0.2, 0.25) is 0 Å². The van der Waals surface area contributed by atoms with Crippen molar-refractivity contribution >= 4 is 33.7 Å². The van der Waals surface area contributed by atoms with Crippen molar-refractivity contribution in [2.24, 2.45) is 0 Å². The average Bonchev–Trinajstić information content (AvgIpc) is 3.73. The van der Waals surface area contributed by atoms with Crippen LogP contribution in [0, 0.1) is 0 Å². The second-order valence-corrected chi connectivity index (χ2v) is 16.8. The highest BCUT2D eigenvalue weighted by Crippen LogP contribution is 2.46. The minimum atomic E-state index is -1.21. The number of nitrogens with one attached hydrogen (secondary N) is 1. The molecule has 1 aliphatic carbocycles. The molecular formula is C35H44N2O8S2. The van der Waals surface area contributed by atoms with E-state index in [-0.39, 0.29) is 30.4 Å². The zero-order chi connectivity index (χ0) is 32.8. The van der Waals surface area contributed by atoms with Gasteiger partial charge in [-0.15, -0.1) is 0 Å². The lowest BCUT2D eigenvalue weighted by atomic mass is 9.88. The lowest BCUT2D eigenvalue weighted by Crippen LogP contribution is -2.65. The molecule has 0 radical (unpaired) electrons. The van der Waals surface area contributed by atoms with E-state index in [0.29, 0.717) is 38.9 Å². The molecule has 5 atom stereocenters. The van der Waals surface area contributed by atoms with Gasteiger partial charge in [0.1, 0.15) is 12.7 Å². The maximum atomic E-state index is 13.1. The lowest BCUT2D eigenvalue weighted by molar-refractivity contribution is -0.299. The van der Waals surface area contributed by atoms with Crippen LogP contribution < -0.4 is 5.32 Å². The number of benzene rings is 2. The number of aliphatic hydroxyl groups is 1. The van der Waals surface area contributed by atoms with E-state index in [0.717, 1.165) is 12.2 Å². The topological polar surface area (TPSA) is 116 Å². The number of hydrogen-bond donors (Lipinski definition) is 2. The summed E-state index contributed by atoms with van der Waals surface area (Å²) in [6.45, 7) is 7.62. The first-order valence-corrected chi connectivity index (χ1v) is 18.9. The highest BCUT2D eigenvalue weighted by Gasteiger charge is 2.63. The van der Waals surface area contributed by atoms with Crippen molar-refractivity contribution in [3.8, 4) is 11.1 Å². The van der Waals surface area contributed by atoms with Gasteiger partial charge in [0.25, 0.3) is 0 Å². The Labute approximate surface area is 283 Å². The first-order chi connectivity index (χ1) is 22.5. The Bertz CT molecular complexity index is 1430. The van der Waals surface area contributed by atoms with Crippen molar-refractivity contribution in [3.63, 3.8) is 0 Å². The zero-order valence-corrected chi connectivity index (χ0v) is 28.8. The van der Waals surface area contributed by atoms with Crippen LogP contribution in [0.25, 0.3) is 11.1 Å². The predicted octanol–water partition coefficient (Wildman–Crippen LogP) is 5.07. The second kappa shape index (κ2) is 13.2. The van der Waals surface area contributed by atoms with E-state index in [2.05, 4.69) is 41.4 Å². The van der Waals surface area contributed by atoms with Crippen molar-refractivity contribution in [1.82, 2.24) is 10.2 Å². The van der Waals surface area contributed by atoms with Crippen LogP contribution in [0.15, 0.2) is 48.5 Å². The number of amides is 1. The largest absolute Gasteiger partial charge is 0.456 e. The van der Waals surface area contributed by atoms with Crippen molar-refractivity contribution in [2.45, 2.75) is 93.0 Å². The average molecular weight is 685 g/mol. The van der Waals surface area contributed by atoms with Gasteiger partial charge in [-0.3, -0.25) is 9.69 Å². The molecule has 1 amide bonds. The maximum absolute atomic E-state index is 13.1. The fourth-order valence-electron chi connectivity index (χ4n) is 7.57. The van der Waals surface area contributed by atoms with Gasteiger partial charge in [-0.05, 0) is 62.3 Å². The number of hydrogen-bond acceptors (Lipinski definition) is 11. The smallest absolute Gasteiger partial charge is 0.407 e. The number of likely N-dealkylation sites (tertiary alicyclic amines) is 1. The minimum absolute atomic E-state index is 0.00518. The standard InChI is InChI=1S/C35H44N2O8S2/c1-33(2)44-31-30(43-29(39)18-22-12-17-46-47-22)28(38)20-42-35(31,45-33)21-37-15-13-34(3,14-16-37)36-32(40)41-19-27-25-10-6-4-8-23(25)24-9-5-7-11-26(24)27/h4-11,22,27-28,30-31,38H,12-21H2,1-3H3,(H,36,40)/t22?,28-,30-,31+,35+/m1/s1. The molecule has 7 rings (SSSR count). The van der Waals surface area contributed by atoms with Gasteiger partial charge in [0, 0.05) is 35.5 Å². The monoisotopic (exact) mass is 684 g/mol. The van der Waals surface area contributed by atoms with Gasteiger partial charge in [0.15, 0.2) is 18.0 Å². The summed E-state index contributed by atoms with van der Waals surface area (Å²) in [6.07, 6.45) is -0.477. The Morgan fingerprint density at radius 3 is 2.38 bits per heavy atom. The number of piperidine rings is 1. The fourth-order valence-corrected chi connectivity index (χ4v) is 10.5. The summed E-state index contributed by atoms with van der Waals surface area (Å²) in [5, 5.41) is 14.2. The van der Waals surface area contributed by atoms with Gasteiger partial charge in [-0.25, -0.2) is 4.79 Å². The Morgan fingerprint density at radius 2 is 1.72 bits per heavy atom. The van der Waals surface area contributed by atoms with E-state index >= 15 is 0 Å². The van der Waals surface area contributed by atoms with Crippen LogP contribution >= 0.6 is 21.6 Å². The molecule has 4 saturated heterocycles. The molecular weight excluding hydrogens is 641 g/mol.